The van der Waals surface area contributed by atoms with Crippen molar-refractivity contribution in [2.75, 3.05) is 12.4 Å². The molecule has 0 atom stereocenters. The van der Waals surface area contributed by atoms with Gasteiger partial charge >= 0.3 is 0 Å². The third-order valence-electron chi connectivity index (χ3n) is 2.13. The van der Waals surface area contributed by atoms with Crippen LogP contribution in [0, 0.1) is 6.92 Å². The van der Waals surface area contributed by atoms with Crippen LogP contribution in [0.25, 0.3) is 0 Å². The Kier molecular flexibility index (Phi) is 3.89. The Morgan fingerprint density at radius 1 is 1.06 bits per heavy atom. The Hall–Kier alpha value is -1.52. The lowest BCUT2D eigenvalue weighted by Crippen LogP contribution is -1.98. The minimum Gasteiger partial charge on any atom is -0.439 e. The Morgan fingerprint density at radius 3 is 2.33 bits per heavy atom. The lowest BCUT2D eigenvalue weighted by Gasteiger charge is -2.08. The molecule has 0 bridgehead atoms. The summed E-state index contributed by atoms with van der Waals surface area (Å²) in [5.41, 5.74) is 0. The van der Waals surface area contributed by atoms with E-state index >= 15 is 0 Å². The maximum absolute atomic E-state index is 5.90. The molecule has 2 aromatic rings. The Bertz CT molecular complexity index is 555. The molecule has 0 spiro atoms. The molecule has 18 heavy (non-hydrogen) atoms. The topological polar surface area (TPSA) is 47.0 Å². The highest BCUT2D eigenvalue weighted by Crippen LogP contribution is 2.28. The predicted octanol–water partition coefficient (Wildman–Crippen LogP) is 3.93. The average molecular weight is 284 g/mol. The maximum Gasteiger partial charge on any atom is 0.224 e. The second-order valence-electron chi connectivity index (χ2n) is 3.60. The molecule has 0 radical (unpaired) electrons. The summed E-state index contributed by atoms with van der Waals surface area (Å²) in [4.78, 5) is 8.35. The van der Waals surface area contributed by atoms with Gasteiger partial charge in [-0.15, -0.1) is 0 Å². The highest BCUT2D eigenvalue weighted by Gasteiger charge is 2.05. The smallest absolute Gasteiger partial charge is 0.224 e. The van der Waals surface area contributed by atoms with Crippen LogP contribution in [-0.4, -0.2) is 17.0 Å². The van der Waals surface area contributed by atoms with Crippen LogP contribution < -0.4 is 10.1 Å². The van der Waals surface area contributed by atoms with E-state index < -0.39 is 0 Å². The summed E-state index contributed by atoms with van der Waals surface area (Å²) in [6, 6.07) is 6.68. The number of benzene rings is 1. The molecule has 0 amide bonds. The van der Waals surface area contributed by atoms with Crippen LogP contribution in [0.1, 0.15) is 5.82 Å². The van der Waals surface area contributed by atoms with Crippen LogP contribution in [0.5, 0.6) is 11.6 Å². The maximum atomic E-state index is 5.90. The molecule has 4 nitrogen and oxygen atoms in total. The third-order valence-corrected chi connectivity index (χ3v) is 2.57. The number of rotatable bonds is 3. The first-order chi connectivity index (χ1) is 8.56. The standard InChI is InChI=1S/C12H11Cl2N3O/c1-7-16-11(15-2)6-12(17-7)18-10-4-8(13)3-9(14)5-10/h3-6H,1-2H3,(H,15,16,17). The molecule has 0 aliphatic rings. The van der Waals surface area contributed by atoms with Gasteiger partial charge in [0.2, 0.25) is 5.88 Å². The minimum absolute atomic E-state index is 0.435. The van der Waals surface area contributed by atoms with Crippen molar-refractivity contribution < 1.29 is 4.74 Å². The zero-order valence-electron chi connectivity index (χ0n) is 9.87. The normalized spacial score (nSPS) is 10.2. The van der Waals surface area contributed by atoms with Crippen molar-refractivity contribution in [3.8, 4) is 11.6 Å². The fourth-order valence-corrected chi connectivity index (χ4v) is 1.93. The summed E-state index contributed by atoms with van der Waals surface area (Å²) in [5, 5.41) is 3.96. The van der Waals surface area contributed by atoms with Crippen molar-refractivity contribution in [1.29, 1.82) is 0 Å². The molecule has 0 fully saturated rings. The van der Waals surface area contributed by atoms with Crippen LogP contribution in [-0.2, 0) is 0 Å². The third kappa shape index (κ3) is 3.24. The molecule has 6 heteroatoms. The van der Waals surface area contributed by atoms with Crippen molar-refractivity contribution in [3.05, 3.63) is 40.1 Å². The number of aryl methyl sites for hydroxylation is 1. The first kappa shape index (κ1) is 12.9. The highest BCUT2D eigenvalue weighted by atomic mass is 35.5. The molecule has 2 rings (SSSR count). The largest absolute Gasteiger partial charge is 0.439 e. The predicted molar refractivity (Wildman–Crippen MR) is 72.9 cm³/mol. The summed E-state index contributed by atoms with van der Waals surface area (Å²) in [7, 11) is 1.78. The molecule has 1 aromatic heterocycles. The number of aromatic nitrogens is 2. The summed E-state index contributed by atoms with van der Waals surface area (Å²) in [5.74, 6) is 2.27. The molecule has 1 aromatic carbocycles. The quantitative estimate of drug-likeness (QED) is 0.927. The van der Waals surface area contributed by atoms with Crippen LogP contribution in [0.4, 0.5) is 5.82 Å². The first-order valence-corrected chi connectivity index (χ1v) is 6.00. The number of hydrogen-bond acceptors (Lipinski definition) is 4. The van der Waals surface area contributed by atoms with Gasteiger partial charge in [-0.05, 0) is 25.1 Å². The van der Waals surface area contributed by atoms with Crippen molar-refractivity contribution in [1.82, 2.24) is 9.97 Å². The van der Waals surface area contributed by atoms with Gasteiger partial charge in [0.1, 0.15) is 17.4 Å². The van der Waals surface area contributed by atoms with Crippen molar-refractivity contribution in [2.45, 2.75) is 6.92 Å². The molecule has 1 N–H and O–H groups in total. The van der Waals surface area contributed by atoms with Gasteiger partial charge in [0.25, 0.3) is 0 Å². The fourth-order valence-electron chi connectivity index (χ4n) is 1.43. The van der Waals surface area contributed by atoms with Crippen molar-refractivity contribution >= 4 is 29.0 Å². The van der Waals surface area contributed by atoms with Crippen LogP contribution in [0.15, 0.2) is 24.3 Å². The minimum atomic E-state index is 0.435. The Morgan fingerprint density at radius 2 is 1.72 bits per heavy atom. The number of nitrogens with one attached hydrogen (secondary N) is 1. The molecule has 94 valence electrons. The van der Waals surface area contributed by atoms with E-state index in [1.807, 2.05) is 0 Å². The summed E-state index contributed by atoms with van der Waals surface area (Å²) in [6.45, 7) is 1.79. The van der Waals surface area contributed by atoms with E-state index in [0.29, 0.717) is 33.3 Å². The van der Waals surface area contributed by atoms with Gasteiger partial charge in [0, 0.05) is 23.2 Å². The lowest BCUT2D eigenvalue weighted by atomic mass is 10.3. The molecular weight excluding hydrogens is 273 g/mol. The number of anilines is 1. The van der Waals surface area contributed by atoms with E-state index in [1.54, 1.807) is 38.2 Å². The van der Waals surface area contributed by atoms with Gasteiger partial charge in [-0.2, -0.15) is 4.98 Å². The van der Waals surface area contributed by atoms with Gasteiger partial charge in [0.15, 0.2) is 0 Å². The van der Waals surface area contributed by atoms with E-state index in [4.69, 9.17) is 27.9 Å². The van der Waals surface area contributed by atoms with Gasteiger partial charge in [-0.25, -0.2) is 4.98 Å². The molecule has 0 saturated heterocycles. The highest BCUT2D eigenvalue weighted by molar-refractivity contribution is 6.34. The second-order valence-corrected chi connectivity index (χ2v) is 4.47. The van der Waals surface area contributed by atoms with Crippen LogP contribution >= 0.6 is 23.2 Å². The average Bonchev–Trinajstić information content (AvgIpc) is 2.26. The monoisotopic (exact) mass is 283 g/mol. The summed E-state index contributed by atoms with van der Waals surface area (Å²) < 4.78 is 5.60. The molecule has 0 aliphatic heterocycles. The first-order valence-electron chi connectivity index (χ1n) is 5.24. The molecule has 0 saturated carbocycles. The molecule has 0 unspecified atom stereocenters. The SMILES string of the molecule is CNc1cc(Oc2cc(Cl)cc(Cl)c2)nc(C)n1. The van der Waals surface area contributed by atoms with Gasteiger partial charge in [0.05, 0.1) is 0 Å². The number of hydrogen-bond donors (Lipinski definition) is 1. The van der Waals surface area contributed by atoms with Gasteiger partial charge < -0.3 is 10.1 Å². The fraction of sp³-hybridized carbons (Fsp3) is 0.167. The number of halogens is 2. The zero-order valence-corrected chi connectivity index (χ0v) is 11.4. The van der Waals surface area contributed by atoms with Crippen LogP contribution in [0.2, 0.25) is 10.0 Å². The van der Waals surface area contributed by atoms with E-state index in [-0.39, 0.29) is 0 Å². The van der Waals surface area contributed by atoms with Crippen molar-refractivity contribution in [2.24, 2.45) is 0 Å². The van der Waals surface area contributed by atoms with E-state index in [2.05, 4.69) is 15.3 Å². The van der Waals surface area contributed by atoms with Crippen molar-refractivity contribution in [3.63, 3.8) is 0 Å². The zero-order chi connectivity index (χ0) is 13.1. The molecule has 1 heterocycles. The van der Waals surface area contributed by atoms with Gasteiger partial charge in [-0.1, -0.05) is 23.2 Å². The summed E-state index contributed by atoms with van der Waals surface area (Å²) in [6.07, 6.45) is 0. The Balaban J connectivity index is 2.30. The van der Waals surface area contributed by atoms with Gasteiger partial charge in [-0.3, -0.25) is 0 Å². The summed E-state index contributed by atoms with van der Waals surface area (Å²) >= 11 is 11.8. The van der Waals surface area contributed by atoms with E-state index in [1.165, 1.54) is 0 Å². The molecule has 0 aliphatic carbocycles. The van der Waals surface area contributed by atoms with E-state index in [9.17, 15) is 0 Å². The number of nitrogens with zero attached hydrogens (tertiary/aromatic N) is 2. The lowest BCUT2D eigenvalue weighted by molar-refractivity contribution is 0.460. The van der Waals surface area contributed by atoms with Crippen LogP contribution in [0.3, 0.4) is 0 Å². The molecular formula is C12H11Cl2N3O. The number of ether oxygens (including phenoxy) is 1. The Labute approximate surface area is 115 Å². The second kappa shape index (κ2) is 5.42. The van der Waals surface area contributed by atoms with E-state index in [0.717, 1.165) is 0 Å².